The van der Waals surface area contributed by atoms with Crippen molar-refractivity contribution in [3.8, 4) is 0 Å². The molecule has 14 heavy (non-hydrogen) atoms. The molecule has 1 aliphatic rings. The van der Waals surface area contributed by atoms with E-state index in [2.05, 4.69) is 0 Å². The Hall–Kier alpha value is -0.650. The second kappa shape index (κ2) is 4.72. The average molecular weight is 203 g/mol. The quantitative estimate of drug-likeness (QED) is 0.561. The van der Waals surface area contributed by atoms with Crippen molar-refractivity contribution in [3.63, 3.8) is 0 Å². The summed E-state index contributed by atoms with van der Waals surface area (Å²) >= 11 is 0. The molecule has 3 atom stereocenters. The first-order chi connectivity index (χ1) is 6.54. The van der Waals surface area contributed by atoms with Gasteiger partial charge in [0.25, 0.3) is 0 Å². The molecule has 0 radical (unpaired) electrons. The number of aliphatic hydroxyl groups excluding tert-OH is 2. The molecular formula is C9H17NO4. The second-order valence-corrected chi connectivity index (χ2v) is 3.76. The molecule has 1 rings (SSSR count). The van der Waals surface area contributed by atoms with Crippen molar-refractivity contribution in [1.29, 1.82) is 0 Å². The van der Waals surface area contributed by atoms with E-state index in [-0.39, 0.29) is 6.42 Å². The molecule has 1 heterocycles. The molecule has 1 saturated heterocycles. The van der Waals surface area contributed by atoms with E-state index in [1.54, 1.807) is 4.90 Å². The van der Waals surface area contributed by atoms with E-state index in [0.29, 0.717) is 19.5 Å². The number of nitrogens with zero attached hydrogens (tertiary/aromatic N) is 1. The standard InChI is InChI=1S/C9H17NO4/c1-2-6(11)4-10-5-7(12)3-8(10)9(13)14/h6-8,11-12H,2-5H2,1H3,(H,13,14). The molecule has 0 aromatic heterocycles. The first-order valence-electron chi connectivity index (χ1n) is 4.87. The Labute approximate surface area is 83.0 Å². The lowest BCUT2D eigenvalue weighted by Gasteiger charge is -2.22. The molecule has 3 N–H and O–H groups in total. The van der Waals surface area contributed by atoms with Crippen LogP contribution in [0.15, 0.2) is 0 Å². The highest BCUT2D eigenvalue weighted by atomic mass is 16.4. The van der Waals surface area contributed by atoms with Gasteiger partial charge in [-0.05, 0) is 6.42 Å². The number of carboxylic acid groups (broad SMARTS) is 1. The summed E-state index contributed by atoms with van der Waals surface area (Å²) in [4.78, 5) is 12.4. The van der Waals surface area contributed by atoms with E-state index in [1.807, 2.05) is 6.92 Å². The third-order valence-electron chi connectivity index (χ3n) is 2.58. The molecule has 0 aromatic rings. The first kappa shape index (κ1) is 11.4. The van der Waals surface area contributed by atoms with Crippen molar-refractivity contribution in [2.75, 3.05) is 13.1 Å². The lowest BCUT2D eigenvalue weighted by atomic mass is 10.2. The van der Waals surface area contributed by atoms with E-state index >= 15 is 0 Å². The van der Waals surface area contributed by atoms with Crippen LogP contribution in [0.1, 0.15) is 19.8 Å². The fourth-order valence-corrected chi connectivity index (χ4v) is 1.74. The lowest BCUT2D eigenvalue weighted by Crippen LogP contribution is -2.40. The van der Waals surface area contributed by atoms with Gasteiger partial charge >= 0.3 is 5.97 Å². The predicted octanol–water partition coefficient (Wildman–Crippen LogP) is -0.723. The molecular weight excluding hydrogens is 186 g/mol. The Morgan fingerprint density at radius 2 is 2.29 bits per heavy atom. The number of likely N-dealkylation sites (tertiary alicyclic amines) is 1. The first-order valence-corrected chi connectivity index (χ1v) is 4.87. The maximum absolute atomic E-state index is 10.8. The number of hydrogen-bond acceptors (Lipinski definition) is 4. The summed E-state index contributed by atoms with van der Waals surface area (Å²) in [5, 5.41) is 27.6. The Morgan fingerprint density at radius 3 is 2.79 bits per heavy atom. The number of carbonyl (C=O) groups is 1. The van der Waals surface area contributed by atoms with Crippen LogP contribution in [-0.4, -0.2) is 57.5 Å². The van der Waals surface area contributed by atoms with Crippen LogP contribution >= 0.6 is 0 Å². The van der Waals surface area contributed by atoms with Crippen molar-refractivity contribution in [2.45, 2.75) is 38.0 Å². The van der Waals surface area contributed by atoms with Crippen LogP contribution in [0.5, 0.6) is 0 Å². The third kappa shape index (κ3) is 2.67. The second-order valence-electron chi connectivity index (χ2n) is 3.76. The van der Waals surface area contributed by atoms with Crippen LogP contribution in [0.4, 0.5) is 0 Å². The van der Waals surface area contributed by atoms with Gasteiger partial charge in [-0.3, -0.25) is 9.69 Å². The Balaban J connectivity index is 2.53. The van der Waals surface area contributed by atoms with E-state index in [1.165, 1.54) is 0 Å². The van der Waals surface area contributed by atoms with Crippen molar-refractivity contribution in [3.05, 3.63) is 0 Å². The molecule has 0 bridgehead atoms. The molecule has 1 fully saturated rings. The highest BCUT2D eigenvalue weighted by Gasteiger charge is 2.36. The maximum Gasteiger partial charge on any atom is 0.321 e. The fraction of sp³-hybridized carbons (Fsp3) is 0.889. The van der Waals surface area contributed by atoms with Gasteiger partial charge in [0.15, 0.2) is 0 Å². The highest BCUT2D eigenvalue weighted by molar-refractivity contribution is 5.74. The minimum absolute atomic E-state index is 0.256. The topological polar surface area (TPSA) is 81.0 Å². The van der Waals surface area contributed by atoms with Gasteiger partial charge in [0.05, 0.1) is 12.2 Å². The summed E-state index contributed by atoms with van der Waals surface area (Å²) in [6, 6.07) is -0.647. The maximum atomic E-state index is 10.8. The van der Waals surface area contributed by atoms with Gasteiger partial charge < -0.3 is 15.3 Å². The fourth-order valence-electron chi connectivity index (χ4n) is 1.74. The van der Waals surface area contributed by atoms with E-state index in [4.69, 9.17) is 5.11 Å². The van der Waals surface area contributed by atoms with Crippen LogP contribution < -0.4 is 0 Å². The summed E-state index contributed by atoms with van der Waals surface area (Å²) in [6.07, 6.45) is -0.243. The highest BCUT2D eigenvalue weighted by Crippen LogP contribution is 2.18. The Morgan fingerprint density at radius 1 is 1.64 bits per heavy atom. The normalized spacial score (nSPS) is 30.5. The molecule has 0 saturated carbocycles. The number of rotatable bonds is 4. The summed E-state index contributed by atoms with van der Waals surface area (Å²) in [5.41, 5.74) is 0. The number of aliphatic hydroxyl groups is 2. The molecule has 82 valence electrons. The minimum atomic E-state index is -0.926. The van der Waals surface area contributed by atoms with Crippen LogP contribution in [-0.2, 0) is 4.79 Å². The SMILES string of the molecule is CCC(O)CN1CC(O)CC1C(=O)O. The predicted molar refractivity (Wildman–Crippen MR) is 49.9 cm³/mol. The van der Waals surface area contributed by atoms with Crippen LogP contribution in [0, 0.1) is 0 Å². The molecule has 5 heteroatoms. The number of hydrogen-bond donors (Lipinski definition) is 3. The molecule has 1 aliphatic heterocycles. The zero-order valence-corrected chi connectivity index (χ0v) is 8.26. The monoisotopic (exact) mass is 203 g/mol. The van der Waals surface area contributed by atoms with E-state index < -0.39 is 24.2 Å². The van der Waals surface area contributed by atoms with Crippen molar-refractivity contribution < 1.29 is 20.1 Å². The summed E-state index contributed by atoms with van der Waals surface area (Å²) < 4.78 is 0. The molecule has 3 unspecified atom stereocenters. The van der Waals surface area contributed by atoms with Gasteiger partial charge in [-0.1, -0.05) is 6.92 Å². The summed E-state index contributed by atoms with van der Waals surface area (Å²) in [7, 11) is 0. The summed E-state index contributed by atoms with van der Waals surface area (Å²) in [6.45, 7) is 2.51. The molecule has 0 amide bonds. The molecule has 0 aliphatic carbocycles. The zero-order chi connectivity index (χ0) is 10.7. The van der Waals surface area contributed by atoms with Crippen molar-refractivity contribution >= 4 is 5.97 Å². The van der Waals surface area contributed by atoms with Gasteiger partial charge in [-0.25, -0.2) is 0 Å². The molecule has 5 nitrogen and oxygen atoms in total. The van der Waals surface area contributed by atoms with Gasteiger partial charge in [0.2, 0.25) is 0 Å². The number of β-amino-alcohol motifs (C(OH)–C–C–N with tert-alkyl or cyclic N) is 2. The smallest absolute Gasteiger partial charge is 0.321 e. The average Bonchev–Trinajstić information content (AvgIpc) is 2.46. The minimum Gasteiger partial charge on any atom is -0.480 e. The number of carboxylic acids is 1. The zero-order valence-electron chi connectivity index (χ0n) is 8.26. The Kier molecular flexibility index (Phi) is 3.86. The third-order valence-corrected chi connectivity index (χ3v) is 2.58. The van der Waals surface area contributed by atoms with E-state index in [9.17, 15) is 15.0 Å². The lowest BCUT2D eigenvalue weighted by molar-refractivity contribution is -0.142. The molecule has 0 aromatic carbocycles. The van der Waals surface area contributed by atoms with Crippen molar-refractivity contribution in [1.82, 2.24) is 4.90 Å². The van der Waals surface area contributed by atoms with Gasteiger partial charge in [-0.15, -0.1) is 0 Å². The van der Waals surface area contributed by atoms with Gasteiger partial charge in [0.1, 0.15) is 6.04 Å². The summed E-state index contributed by atoms with van der Waals surface area (Å²) in [5.74, 6) is -0.926. The van der Waals surface area contributed by atoms with Crippen LogP contribution in [0.3, 0.4) is 0 Å². The van der Waals surface area contributed by atoms with Crippen LogP contribution in [0.2, 0.25) is 0 Å². The van der Waals surface area contributed by atoms with Crippen LogP contribution in [0.25, 0.3) is 0 Å². The van der Waals surface area contributed by atoms with Gasteiger partial charge in [0, 0.05) is 19.5 Å². The molecule has 0 spiro atoms. The van der Waals surface area contributed by atoms with E-state index in [0.717, 1.165) is 0 Å². The Bertz CT molecular complexity index is 209. The van der Waals surface area contributed by atoms with Gasteiger partial charge in [-0.2, -0.15) is 0 Å². The number of aliphatic carboxylic acids is 1. The largest absolute Gasteiger partial charge is 0.480 e. The van der Waals surface area contributed by atoms with Crippen molar-refractivity contribution in [2.24, 2.45) is 0 Å².